The van der Waals surface area contributed by atoms with E-state index in [1.165, 1.54) is 0 Å². The SMILES string of the molecule is CC(C)=CC(C)(C(=O)OCC(C)(F)F)C(C)C. The molecule has 0 aromatic carbocycles. The summed E-state index contributed by atoms with van der Waals surface area (Å²) in [5.74, 6) is -3.61. The van der Waals surface area contributed by atoms with Gasteiger partial charge in [0, 0.05) is 6.92 Å². The average Bonchev–Trinajstić information content (AvgIpc) is 2.11. The van der Waals surface area contributed by atoms with Gasteiger partial charge in [-0.3, -0.25) is 4.79 Å². The van der Waals surface area contributed by atoms with E-state index in [0.29, 0.717) is 0 Å². The first kappa shape index (κ1) is 16.1. The topological polar surface area (TPSA) is 26.3 Å². The summed E-state index contributed by atoms with van der Waals surface area (Å²) < 4.78 is 30.0. The molecule has 100 valence electrons. The minimum absolute atomic E-state index is 0.0182. The molecule has 0 saturated heterocycles. The van der Waals surface area contributed by atoms with Crippen LogP contribution in [0, 0.1) is 11.3 Å². The van der Waals surface area contributed by atoms with E-state index in [4.69, 9.17) is 4.74 Å². The fourth-order valence-corrected chi connectivity index (χ4v) is 1.41. The van der Waals surface area contributed by atoms with Crippen molar-refractivity contribution in [2.45, 2.75) is 47.5 Å². The minimum atomic E-state index is -2.99. The molecule has 0 rings (SSSR count). The van der Waals surface area contributed by atoms with Gasteiger partial charge in [-0.2, -0.15) is 0 Å². The predicted molar refractivity (Wildman–Crippen MR) is 64.0 cm³/mol. The number of alkyl halides is 2. The van der Waals surface area contributed by atoms with Gasteiger partial charge in [0.2, 0.25) is 0 Å². The summed E-state index contributed by atoms with van der Waals surface area (Å²) in [6.07, 6.45) is 1.77. The average molecular weight is 248 g/mol. The van der Waals surface area contributed by atoms with Crippen LogP contribution in [0.25, 0.3) is 0 Å². The van der Waals surface area contributed by atoms with E-state index in [1.807, 2.05) is 27.7 Å². The molecule has 4 heteroatoms. The largest absolute Gasteiger partial charge is 0.459 e. The van der Waals surface area contributed by atoms with Crippen molar-refractivity contribution in [1.29, 1.82) is 0 Å². The highest BCUT2D eigenvalue weighted by Gasteiger charge is 2.37. The van der Waals surface area contributed by atoms with Gasteiger partial charge in [0.05, 0.1) is 5.41 Å². The quantitative estimate of drug-likeness (QED) is 0.546. The lowest BCUT2D eigenvalue weighted by Gasteiger charge is -2.29. The second-order valence-electron chi connectivity index (χ2n) is 5.31. The van der Waals surface area contributed by atoms with Crippen molar-refractivity contribution in [2.75, 3.05) is 6.61 Å². The molecule has 0 aliphatic carbocycles. The van der Waals surface area contributed by atoms with Gasteiger partial charge in [-0.25, -0.2) is 8.78 Å². The van der Waals surface area contributed by atoms with E-state index < -0.39 is 23.9 Å². The van der Waals surface area contributed by atoms with Gasteiger partial charge in [-0.1, -0.05) is 25.5 Å². The lowest BCUT2D eigenvalue weighted by molar-refractivity contribution is -0.164. The molecule has 0 radical (unpaired) electrons. The molecule has 0 heterocycles. The molecule has 0 fully saturated rings. The van der Waals surface area contributed by atoms with Crippen molar-refractivity contribution in [2.24, 2.45) is 11.3 Å². The normalized spacial score (nSPS) is 15.4. The molecule has 0 amide bonds. The Balaban J connectivity index is 4.86. The number of hydrogen-bond donors (Lipinski definition) is 0. The van der Waals surface area contributed by atoms with Crippen molar-refractivity contribution in [1.82, 2.24) is 0 Å². The number of allylic oxidation sites excluding steroid dienone is 1. The van der Waals surface area contributed by atoms with Crippen LogP contribution in [0.15, 0.2) is 11.6 Å². The fraction of sp³-hybridized carbons (Fsp3) is 0.769. The molecule has 0 bridgehead atoms. The van der Waals surface area contributed by atoms with E-state index >= 15 is 0 Å². The van der Waals surface area contributed by atoms with Gasteiger partial charge in [0.25, 0.3) is 5.92 Å². The van der Waals surface area contributed by atoms with Crippen LogP contribution in [-0.4, -0.2) is 18.5 Å². The Bertz CT molecular complexity index is 299. The third kappa shape index (κ3) is 5.29. The number of ether oxygens (including phenoxy) is 1. The van der Waals surface area contributed by atoms with E-state index in [-0.39, 0.29) is 5.92 Å². The first-order valence-electron chi connectivity index (χ1n) is 5.70. The molecule has 0 aliphatic rings. The Hall–Kier alpha value is -0.930. The van der Waals surface area contributed by atoms with Gasteiger partial charge in [0.15, 0.2) is 6.61 Å². The van der Waals surface area contributed by atoms with Crippen LogP contribution >= 0.6 is 0 Å². The maximum absolute atomic E-state index is 12.6. The first-order chi connectivity index (χ1) is 7.49. The standard InChI is InChI=1S/C13H22F2O2/c1-9(2)7-12(5,10(3)4)11(16)17-8-13(6,14)15/h7,10H,8H2,1-6H3. The summed E-state index contributed by atoms with van der Waals surface area (Å²) in [6.45, 7) is 9.03. The lowest BCUT2D eigenvalue weighted by Crippen LogP contribution is -2.35. The molecule has 0 aromatic rings. The van der Waals surface area contributed by atoms with Crippen LogP contribution in [0.1, 0.15) is 41.5 Å². The van der Waals surface area contributed by atoms with Crippen molar-refractivity contribution < 1.29 is 18.3 Å². The van der Waals surface area contributed by atoms with Gasteiger partial charge >= 0.3 is 5.97 Å². The molecular formula is C13H22F2O2. The van der Waals surface area contributed by atoms with Crippen molar-refractivity contribution in [3.63, 3.8) is 0 Å². The van der Waals surface area contributed by atoms with Crippen molar-refractivity contribution in [3.8, 4) is 0 Å². The summed E-state index contributed by atoms with van der Waals surface area (Å²) in [4.78, 5) is 11.9. The zero-order valence-electron chi connectivity index (χ0n) is 11.4. The number of hydrogen-bond acceptors (Lipinski definition) is 2. The summed E-state index contributed by atoms with van der Waals surface area (Å²) >= 11 is 0. The highest BCUT2D eigenvalue weighted by Crippen LogP contribution is 2.32. The second-order valence-corrected chi connectivity index (χ2v) is 5.31. The minimum Gasteiger partial charge on any atom is -0.459 e. The molecule has 0 N–H and O–H groups in total. The zero-order valence-corrected chi connectivity index (χ0v) is 11.4. The first-order valence-corrected chi connectivity index (χ1v) is 5.70. The van der Waals surface area contributed by atoms with Gasteiger partial charge < -0.3 is 4.74 Å². The molecule has 0 saturated carbocycles. The second kappa shape index (κ2) is 5.61. The van der Waals surface area contributed by atoms with E-state index in [9.17, 15) is 13.6 Å². The summed E-state index contributed by atoms with van der Waals surface area (Å²) in [6, 6.07) is 0. The fourth-order valence-electron chi connectivity index (χ4n) is 1.41. The zero-order chi connectivity index (χ0) is 13.9. The maximum Gasteiger partial charge on any atom is 0.316 e. The Morgan fingerprint density at radius 3 is 2.06 bits per heavy atom. The van der Waals surface area contributed by atoms with Crippen molar-refractivity contribution in [3.05, 3.63) is 11.6 Å². The van der Waals surface area contributed by atoms with Crippen LogP contribution in [0.2, 0.25) is 0 Å². The molecule has 17 heavy (non-hydrogen) atoms. The third-order valence-corrected chi connectivity index (χ3v) is 2.68. The molecule has 2 nitrogen and oxygen atoms in total. The molecule has 1 atom stereocenters. The summed E-state index contributed by atoms with van der Waals surface area (Å²) in [5.41, 5.74) is 0.103. The Morgan fingerprint density at radius 1 is 1.29 bits per heavy atom. The maximum atomic E-state index is 12.6. The van der Waals surface area contributed by atoms with Crippen LogP contribution in [0.3, 0.4) is 0 Å². The lowest BCUT2D eigenvalue weighted by atomic mass is 9.78. The van der Waals surface area contributed by atoms with Crippen LogP contribution in [-0.2, 0) is 9.53 Å². The monoisotopic (exact) mass is 248 g/mol. The molecular weight excluding hydrogens is 226 g/mol. The number of rotatable bonds is 5. The highest BCUT2D eigenvalue weighted by molar-refractivity contribution is 5.79. The molecule has 0 aromatic heterocycles. The Morgan fingerprint density at radius 2 is 1.76 bits per heavy atom. The number of esters is 1. The van der Waals surface area contributed by atoms with Crippen molar-refractivity contribution >= 4 is 5.97 Å². The van der Waals surface area contributed by atoms with Crippen LogP contribution in [0.5, 0.6) is 0 Å². The summed E-state index contributed by atoms with van der Waals surface area (Å²) in [5, 5.41) is 0. The number of carbonyl (C=O) groups excluding carboxylic acids is 1. The molecule has 1 unspecified atom stereocenters. The van der Waals surface area contributed by atoms with Crippen LogP contribution in [0.4, 0.5) is 8.78 Å². The Kier molecular flexibility index (Phi) is 5.30. The third-order valence-electron chi connectivity index (χ3n) is 2.68. The smallest absolute Gasteiger partial charge is 0.316 e. The summed E-state index contributed by atoms with van der Waals surface area (Å²) in [7, 11) is 0. The van der Waals surface area contributed by atoms with E-state index in [1.54, 1.807) is 13.0 Å². The van der Waals surface area contributed by atoms with Gasteiger partial charge in [0.1, 0.15) is 0 Å². The van der Waals surface area contributed by atoms with Crippen LogP contribution < -0.4 is 0 Å². The van der Waals surface area contributed by atoms with Gasteiger partial charge in [-0.05, 0) is 26.7 Å². The molecule has 0 aliphatic heterocycles. The number of halogens is 2. The highest BCUT2D eigenvalue weighted by atomic mass is 19.3. The van der Waals surface area contributed by atoms with Gasteiger partial charge in [-0.15, -0.1) is 0 Å². The van der Waals surface area contributed by atoms with E-state index in [0.717, 1.165) is 12.5 Å². The molecule has 0 spiro atoms. The van der Waals surface area contributed by atoms with E-state index in [2.05, 4.69) is 0 Å². The predicted octanol–water partition coefficient (Wildman–Crippen LogP) is 3.81. The number of carbonyl (C=O) groups is 1. The Labute approximate surface area is 102 Å².